The number of alkyl halides is 1. The zero-order valence-corrected chi connectivity index (χ0v) is 11.7. The summed E-state index contributed by atoms with van der Waals surface area (Å²) < 4.78 is 5.90. The van der Waals surface area contributed by atoms with E-state index in [1.807, 2.05) is 6.07 Å². The van der Waals surface area contributed by atoms with Crippen LogP contribution in [0.5, 0.6) is 0 Å². The molecule has 0 spiro atoms. The molecule has 0 amide bonds. The van der Waals surface area contributed by atoms with E-state index in [4.69, 9.17) is 0 Å². The van der Waals surface area contributed by atoms with Gasteiger partial charge in [-0.15, -0.1) is 11.3 Å². The summed E-state index contributed by atoms with van der Waals surface area (Å²) in [5.74, 6) is -0.269. The molecule has 1 heterocycles. The van der Waals surface area contributed by atoms with Crippen molar-refractivity contribution in [1.82, 2.24) is 0 Å². The summed E-state index contributed by atoms with van der Waals surface area (Å²) in [6.07, 6.45) is 0. The second-order valence-corrected chi connectivity index (χ2v) is 5.60. The number of ether oxygens (including phenoxy) is 1. The summed E-state index contributed by atoms with van der Waals surface area (Å²) in [7, 11) is 1.38. The lowest BCUT2D eigenvalue weighted by atomic mass is 10.2. The highest BCUT2D eigenvalue weighted by molar-refractivity contribution is 9.10. The number of anilines is 1. The number of fused-ring (bicyclic) bond motifs is 1. The van der Waals surface area contributed by atoms with Crippen molar-refractivity contribution in [2.45, 2.75) is 4.83 Å². The van der Waals surface area contributed by atoms with E-state index in [2.05, 4.69) is 49.6 Å². The molecule has 1 aromatic carbocycles. The van der Waals surface area contributed by atoms with E-state index >= 15 is 0 Å². The fourth-order valence-electron chi connectivity index (χ4n) is 1.50. The highest BCUT2D eigenvalue weighted by Crippen LogP contribution is 2.24. The van der Waals surface area contributed by atoms with Crippen LogP contribution in [0.25, 0.3) is 10.1 Å². The molecule has 1 unspecified atom stereocenters. The van der Waals surface area contributed by atoms with Crippen LogP contribution in [0.3, 0.4) is 0 Å². The Morgan fingerprint density at radius 2 is 2.35 bits per heavy atom. The number of thiophene rings is 1. The maximum absolute atomic E-state index is 11.2. The molecular weight excluding hydrogens is 302 g/mol. The van der Waals surface area contributed by atoms with Crippen LogP contribution in [0.2, 0.25) is 0 Å². The number of carbonyl (C=O) groups excluding carboxylic acids is 1. The normalized spacial score (nSPS) is 12.4. The number of methoxy groups -OCH3 is 1. The molecule has 1 N–H and O–H groups in total. The minimum Gasteiger partial charge on any atom is -0.468 e. The Kier molecular flexibility index (Phi) is 4.02. The van der Waals surface area contributed by atoms with Gasteiger partial charge in [-0.2, -0.15) is 0 Å². The van der Waals surface area contributed by atoms with Crippen LogP contribution < -0.4 is 5.32 Å². The smallest absolute Gasteiger partial charge is 0.321 e. The van der Waals surface area contributed by atoms with Crippen molar-refractivity contribution >= 4 is 49.0 Å². The van der Waals surface area contributed by atoms with E-state index in [1.54, 1.807) is 11.3 Å². The number of hydrogen-bond acceptors (Lipinski definition) is 4. The number of nitrogens with one attached hydrogen (secondary N) is 1. The molecule has 2 rings (SSSR count). The Morgan fingerprint density at radius 3 is 3.12 bits per heavy atom. The third-order valence-corrected chi connectivity index (χ3v) is 3.99. The molecule has 0 aliphatic heterocycles. The van der Waals surface area contributed by atoms with Crippen LogP contribution in [0.4, 0.5) is 5.69 Å². The van der Waals surface area contributed by atoms with E-state index in [0.29, 0.717) is 6.54 Å². The lowest BCUT2D eigenvalue weighted by Gasteiger charge is -2.10. The molecule has 2 aromatic rings. The van der Waals surface area contributed by atoms with Crippen LogP contribution >= 0.6 is 27.3 Å². The largest absolute Gasteiger partial charge is 0.468 e. The fourth-order valence-corrected chi connectivity index (χ4v) is 2.61. The summed E-state index contributed by atoms with van der Waals surface area (Å²) in [4.78, 5) is 10.9. The molecular formula is C12H12BrNO2S. The molecule has 0 fully saturated rings. The van der Waals surface area contributed by atoms with Gasteiger partial charge in [0.25, 0.3) is 0 Å². The van der Waals surface area contributed by atoms with Crippen molar-refractivity contribution in [2.24, 2.45) is 0 Å². The van der Waals surface area contributed by atoms with Crippen LogP contribution in [-0.4, -0.2) is 24.5 Å². The first-order valence-corrected chi connectivity index (χ1v) is 6.93. The van der Waals surface area contributed by atoms with Gasteiger partial charge in [-0.3, -0.25) is 4.79 Å². The van der Waals surface area contributed by atoms with Gasteiger partial charge in [0.1, 0.15) is 4.83 Å². The first kappa shape index (κ1) is 12.4. The van der Waals surface area contributed by atoms with Crippen LogP contribution in [0.1, 0.15) is 0 Å². The van der Waals surface area contributed by atoms with Crippen molar-refractivity contribution in [3.8, 4) is 0 Å². The predicted molar refractivity (Wildman–Crippen MR) is 75.0 cm³/mol. The van der Waals surface area contributed by atoms with Gasteiger partial charge in [-0.05, 0) is 35.0 Å². The van der Waals surface area contributed by atoms with Gasteiger partial charge >= 0.3 is 5.97 Å². The Bertz CT molecular complexity index is 526. The van der Waals surface area contributed by atoms with Crippen LogP contribution in [0, 0.1) is 0 Å². The monoisotopic (exact) mass is 313 g/mol. The third kappa shape index (κ3) is 2.98. The van der Waals surface area contributed by atoms with Crippen molar-refractivity contribution in [3.63, 3.8) is 0 Å². The molecule has 3 nitrogen and oxygen atoms in total. The summed E-state index contributed by atoms with van der Waals surface area (Å²) in [6, 6.07) is 8.24. The maximum atomic E-state index is 11.2. The quantitative estimate of drug-likeness (QED) is 0.695. The van der Waals surface area contributed by atoms with E-state index in [9.17, 15) is 4.79 Å². The molecule has 5 heteroatoms. The predicted octanol–water partition coefficient (Wildman–Crippen LogP) is 3.25. The van der Waals surface area contributed by atoms with Gasteiger partial charge in [-0.25, -0.2) is 0 Å². The molecule has 0 aliphatic carbocycles. The average Bonchev–Trinajstić information content (AvgIpc) is 2.82. The molecule has 0 bridgehead atoms. The lowest BCUT2D eigenvalue weighted by Crippen LogP contribution is -2.24. The molecule has 0 aliphatic rings. The molecule has 0 saturated heterocycles. The van der Waals surface area contributed by atoms with E-state index in [1.165, 1.54) is 17.2 Å². The Balaban J connectivity index is 2.01. The molecule has 17 heavy (non-hydrogen) atoms. The summed E-state index contributed by atoms with van der Waals surface area (Å²) in [6.45, 7) is 0.502. The summed E-state index contributed by atoms with van der Waals surface area (Å²) in [5, 5.41) is 6.48. The van der Waals surface area contributed by atoms with Gasteiger partial charge in [0.05, 0.1) is 7.11 Å². The van der Waals surface area contributed by atoms with Crippen molar-refractivity contribution in [2.75, 3.05) is 19.0 Å². The Morgan fingerprint density at radius 1 is 1.53 bits per heavy atom. The number of rotatable bonds is 4. The SMILES string of the molecule is COC(=O)C(Br)CNc1ccc2sccc2c1. The zero-order valence-electron chi connectivity index (χ0n) is 9.27. The molecule has 0 radical (unpaired) electrons. The van der Waals surface area contributed by atoms with Crippen LogP contribution in [-0.2, 0) is 9.53 Å². The third-order valence-electron chi connectivity index (χ3n) is 2.39. The lowest BCUT2D eigenvalue weighted by molar-refractivity contribution is -0.139. The average molecular weight is 314 g/mol. The number of benzene rings is 1. The second-order valence-electron chi connectivity index (χ2n) is 3.54. The van der Waals surface area contributed by atoms with E-state index < -0.39 is 0 Å². The highest BCUT2D eigenvalue weighted by Gasteiger charge is 2.14. The van der Waals surface area contributed by atoms with Gasteiger partial charge in [-0.1, -0.05) is 15.9 Å². The van der Waals surface area contributed by atoms with Gasteiger partial charge in [0, 0.05) is 16.9 Å². The molecule has 1 atom stereocenters. The highest BCUT2D eigenvalue weighted by atomic mass is 79.9. The topological polar surface area (TPSA) is 38.3 Å². The number of hydrogen-bond donors (Lipinski definition) is 1. The molecule has 1 aromatic heterocycles. The zero-order chi connectivity index (χ0) is 12.3. The summed E-state index contributed by atoms with van der Waals surface area (Å²) >= 11 is 4.99. The van der Waals surface area contributed by atoms with Crippen molar-refractivity contribution < 1.29 is 9.53 Å². The minimum atomic E-state index is -0.328. The minimum absolute atomic E-state index is 0.269. The number of esters is 1. The van der Waals surface area contributed by atoms with E-state index in [-0.39, 0.29) is 10.8 Å². The molecule has 90 valence electrons. The first-order valence-electron chi connectivity index (χ1n) is 5.14. The Hall–Kier alpha value is -1.07. The van der Waals surface area contributed by atoms with Gasteiger partial charge < -0.3 is 10.1 Å². The molecule has 0 saturated carbocycles. The number of carbonyl (C=O) groups is 1. The van der Waals surface area contributed by atoms with Crippen molar-refractivity contribution in [3.05, 3.63) is 29.6 Å². The number of halogens is 1. The van der Waals surface area contributed by atoms with Gasteiger partial charge in [0.2, 0.25) is 0 Å². The van der Waals surface area contributed by atoms with Gasteiger partial charge in [0.15, 0.2) is 0 Å². The second kappa shape index (κ2) is 5.51. The Labute approximate surface area is 112 Å². The van der Waals surface area contributed by atoms with Crippen LogP contribution in [0.15, 0.2) is 29.6 Å². The van der Waals surface area contributed by atoms with Crippen molar-refractivity contribution in [1.29, 1.82) is 0 Å². The maximum Gasteiger partial charge on any atom is 0.321 e. The standard InChI is InChI=1S/C12H12BrNO2S/c1-16-12(15)10(13)7-14-9-2-3-11-8(6-9)4-5-17-11/h2-6,10,14H,7H2,1H3. The first-order chi connectivity index (χ1) is 8.20. The fraction of sp³-hybridized carbons (Fsp3) is 0.250. The summed E-state index contributed by atoms with van der Waals surface area (Å²) in [5.41, 5.74) is 1.00. The van der Waals surface area contributed by atoms with E-state index in [0.717, 1.165) is 5.69 Å².